The molecule has 0 saturated carbocycles. The molecule has 0 aliphatic heterocycles. The molecule has 1 N–H and O–H groups in total. The summed E-state index contributed by atoms with van der Waals surface area (Å²) in [6.07, 6.45) is 9.25. The molecular weight excluding hydrogens is 210 g/mol. The maximum absolute atomic E-state index is 11.3. The van der Waals surface area contributed by atoms with Gasteiger partial charge in [0.1, 0.15) is 6.10 Å². The SMILES string of the molecule is O=C(NCCS)O[C@@H]1CC/C=C\CCC1. The van der Waals surface area contributed by atoms with Crippen LogP contribution in [0.25, 0.3) is 0 Å². The zero-order valence-electron chi connectivity index (χ0n) is 8.95. The summed E-state index contributed by atoms with van der Waals surface area (Å²) < 4.78 is 5.31. The summed E-state index contributed by atoms with van der Waals surface area (Å²) in [5.41, 5.74) is 0. The molecule has 1 amide bonds. The number of ether oxygens (including phenoxy) is 1. The second kappa shape index (κ2) is 7.63. The van der Waals surface area contributed by atoms with Gasteiger partial charge in [-0.15, -0.1) is 0 Å². The Hall–Kier alpha value is -0.640. The highest BCUT2D eigenvalue weighted by Gasteiger charge is 2.13. The summed E-state index contributed by atoms with van der Waals surface area (Å²) in [4.78, 5) is 11.3. The van der Waals surface area contributed by atoms with E-state index in [1.54, 1.807) is 0 Å². The normalized spacial score (nSPS) is 23.7. The van der Waals surface area contributed by atoms with Crippen LogP contribution in [0.15, 0.2) is 12.2 Å². The molecule has 0 aromatic carbocycles. The first-order valence-electron chi connectivity index (χ1n) is 5.53. The Kier molecular flexibility index (Phi) is 6.32. The maximum Gasteiger partial charge on any atom is 0.407 e. The fourth-order valence-electron chi connectivity index (χ4n) is 1.59. The van der Waals surface area contributed by atoms with Crippen LogP contribution in [-0.2, 0) is 4.74 Å². The van der Waals surface area contributed by atoms with E-state index in [-0.39, 0.29) is 12.2 Å². The maximum atomic E-state index is 11.3. The van der Waals surface area contributed by atoms with Crippen molar-refractivity contribution in [1.29, 1.82) is 0 Å². The van der Waals surface area contributed by atoms with Gasteiger partial charge in [-0.3, -0.25) is 0 Å². The monoisotopic (exact) mass is 229 g/mol. The Bertz CT molecular complexity index is 219. The average Bonchev–Trinajstić information content (AvgIpc) is 2.19. The first-order valence-corrected chi connectivity index (χ1v) is 6.16. The van der Waals surface area contributed by atoms with Crippen molar-refractivity contribution >= 4 is 18.7 Å². The Balaban J connectivity index is 2.23. The van der Waals surface area contributed by atoms with Crippen molar-refractivity contribution in [2.75, 3.05) is 12.3 Å². The zero-order valence-corrected chi connectivity index (χ0v) is 9.84. The highest BCUT2D eigenvalue weighted by molar-refractivity contribution is 7.80. The number of alkyl carbamates (subject to hydrolysis) is 1. The summed E-state index contributed by atoms with van der Waals surface area (Å²) in [5.74, 6) is 0.641. The van der Waals surface area contributed by atoms with Gasteiger partial charge in [0.2, 0.25) is 0 Å². The van der Waals surface area contributed by atoms with Crippen LogP contribution in [0, 0.1) is 0 Å². The number of carbonyl (C=O) groups is 1. The van der Waals surface area contributed by atoms with Gasteiger partial charge >= 0.3 is 6.09 Å². The minimum Gasteiger partial charge on any atom is -0.446 e. The van der Waals surface area contributed by atoms with E-state index in [2.05, 4.69) is 30.1 Å². The van der Waals surface area contributed by atoms with E-state index >= 15 is 0 Å². The Morgan fingerprint density at radius 1 is 1.40 bits per heavy atom. The van der Waals surface area contributed by atoms with Gasteiger partial charge in [0.15, 0.2) is 0 Å². The quantitative estimate of drug-likeness (QED) is 0.576. The lowest BCUT2D eigenvalue weighted by Crippen LogP contribution is -2.30. The summed E-state index contributed by atoms with van der Waals surface area (Å²) in [5, 5.41) is 2.66. The first kappa shape index (κ1) is 12.4. The third-order valence-corrected chi connectivity index (χ3v) is 2.60. The van der Waals surface area contributed by atoms with Crippen LogP contribution in [0.5, 0.6) is 0 Å². The molecule has 0 saturated heterocycles. The molecule has 0 bridgehead atoms. The summed E-state index contributed by atoms with van der Waals surface area (Å²) in [7, 11) is 0. The second-order valence-corrected chi connectivity index (χ2v) is 4.10. The number of thiol groups is 1. The van der Waals surface area contributed by atoms with Crippen LogP contribution in [0.2, 0.25) is 0 Å². The van der Waals surface area contributed by atoms with E-state index in [0.717, 1.165) is 32.1 Å². The lowest BCUT2D eigenvalue weighted by molar-refractivity contribution is 0.0869. The van der Waals surface area contributed by atoms with Crippen molar-refractivity contribution in [3.63, 3.8) is 0 Å². The van der Waals surface area contributed by atoms with Crippen LogP contribution in [0.4, 0.5) is 4.79 Å². The number of allylic oxidation sites excluding steroid dienone is 2. The zero-order chi connectivity index (χ0) is 10.9. The first-order chi connectivity index (χ1) is 7.33. The van der Waals surface area contributed by atoms with Gasteiger partial charge in [-0.2, -0.15) is 12.6 Å². The predicted molar refractivity (Wildman–Crippen MR) is 64.3 cm³/mol. The van der Waals surface area contributed by atoms with Gasteiger partial charge in [-0.25, -0.2) is 4.79 Å². The van der Waals surface area contributed by atoms with Gasteiger partial charge in [-0.1, -0.05) is 12.2 Å². The van der Waals surface area contributed by atoms with Gasteiger partial charge in [-0.05, 0) is 32.1 Å². The predicted octanol–water partition coefficient (Wildman–Crippen LogP) is 2.53. The molecule has 1 rings (SSSR count). The van der Waals surface area contributed by atoms with E-state index in [4.69, 9.17) is 4.74 Å². The standard InChI is InChI=1S/C11H19NO2S/c13-11(12-8-9-15)14-10-6-4-2-1-3-5-7-10/h1-2,10,15H,3-9H2,(H,12,13)/b2-1-/t10-/m1/s1. The minimum atomic E-state index is -0.307. The number of nitrogens with one attached hydrogen (secondary N) is 1. The molecule has 86 valence electrons. The molecule has 0 fully saturated rings. The molecule has 3 nitrogen and oxygen atoms in total. The van der Waals surface area contributed by atoms with E-state index in [9.17, 15) is 4.79 Å². The molecule has 0 unspecified atom stereocenters. The van der Waals surface area contributed by atoms with Crippen molar-refractivity contribution < 1.29 is 9.53 Å². The van der Waals surface area contributed by atoms with Crippen molar-refractivity contribution in [2.45, 2.75) is 38.2 Å². The van der Waals surface area contributed by atoms with Gasteiger partial charge in [0.05, 0.1) is 0 Å². The van der Waals surface area contributed by atoms with Gasteiger partial charge < -0.3 is 10.1 Å². The van der Waals surface area contributed by atoms with Crippen molar-refractivity contribution in [1.82, 2.24) is 5.32 Å². The average molecular weight is 229 g/mol. The number of hydrogen-bond donors (Lipinski definition) is 2. The molecule has 4 heteroatoms. The molecule has 0 aromatic rings. The highest BCUT2D eigenvalue weighted by Crippen LogP contribution is 2.15. The topological polar surface area (TPSA) is 38.3 Å². The summed E-state index contributed by atoms with van der Waals surface area (Å²) in [6, 6.07) is 0. The van der Waals surface area contributed by atoms with Crippen LogP contribution < -0.4 is 5.32 Å². The Morgan fingerprint density at radius 3 is 3.00 bits per heavy atom. The van der Waals surface area contributed by atoms with Gasteiger partial charge in [0, 0.05) is 12.3 Å². The molecule has 0 heterocycles. The number of carbonyl (C=O) groups excluding carboxylic acids is 1. The van der Waals surface area contributed by atoms with Gasteiger partial charge in [0.25, 0.3) is 0 Å². The third-order valence-electron chi connectivity index (χ3n) is 2.37. The molecular formula is C11H19NO2S. The summed E-state index contributed by atoms with van der Waals surface area (Å²) in [6.45, 7) is 0.564. The molecule has 0 aromatic heterocycles. The highest BCUT2D eigenvalue weighted by atomic mass is 32.1. The van der Waals surface area contributed by atoms with Crippen molar-refractivity contribution in [3.8, 4) is 0 Å². The summed E-state index contributed by atoms with van der Waals surface area (Å²) >= 11 is 4.01. The smallest absolute Gasteiger partial charge is 0.407 e. The number of amides is 1. The third kappa shape index (κ3) is 5.72. The molecule has 1 atom stereocenters. The van der Waals surface area contributed by atoms with Crippen LogP contribution >= 0.6 is 12.6 Å². The Labute approximate surface area is 96.7 Å². The second-order valence-electron chi connectivity index (χ2n) is 3.66. The fraction of sp³-hybridized carbons (Fsp3) is 0.727. The lowest BCUT2D eigenvalue weighted by atomic mass is 10.0. The van der Waals surface area contributed by atoms with E-state index < -0.39 is 0 Å². The van der Waals surface area contributed by atoms with E-state index in [1.165, 1.54) is 0 Å². The molecule has 15 heavy (non-hydrogen) atoms. The molecule has 1 aliphatic rings. The molecule has 0 radical (unpaired) electrons. The number of hydrogen-bond acceptors (Lipinski definition) is 3. The largest absolute Gasteiger partial charge is 0.446 e. The van der Waals surface area contributed by atoms with E-state index in [1.807, 2.05) is 0 Å². The van der Waals surface area contributed by atoms with Crippen LogP contribution in [0.1, 0.15) is 32.1 Å². The molecule has 0 spiro atoms. The molecule has 1 aliphatic carbocycles. The van der Waals surface area contributed by atoms with Crippen LogP contribution in [0.3, 0.4) is 0 Å². The number of rotatable bonds is 3. The van der Waals surface area contributed by atoms with Crippen molar-refractivity contribution in [3.05, 3.63) is 12.2 Å². The lowest BCUT2D eigenvalue weighted by Gasteiger charge is -2.18. The minimum absolute atomic E-state index is 0.0786. The van der Waals surface area contributed by atoms with Crippen LogP contribution in [-0.4, -0.2) is 24.5 Å². The van der Waals surface area contributed by atoms with Crippen molar-refractivity contribution in [2.24, 2.45) is 0 Å². The Morgan fingerprint density at radius 2 is 2.20 bits per heavy atom. The van der Waals surface area contributed by atoms with E-state index in [0.29, 0.717) is 12.3 Å². The fourth-order valence-corrected chi connectivity index (χ4v) is 1.71.